The first kappa shape index (κ1) is 23.5. The highest BCUT2D eigenvalue weighted by atomic mass is 127. The Morgan fingerprint density at radius 1 is 1.33 bits per heavy atom. The van der Waals surface area contributed by atoms with E-state index in [1.165, 1.54) is 0 Å². The molecule has 0 radical (unpaired) electrons. The highest BCUT2D eigenvalue weighted by Crippen LogP contribution is 2.12. The molecule has 1 aromatic carbocycles. The van der Waals surface area contributed by atoms with Gasteiger partial charge in [-0.25, -0.2) is 8.42 Å². The number of hydrogen-bond donors (Lipinski definition) is 3. The average molecular weight is 510 g/mol. The first-order chi connectivity index (χ1) is 12.4. The van der Waals surface area contributed by atoms with Crippen LogP contribution in [0.1, 0.15) is 18.4 Å². The molecular formula is C17H27IN4O4S. The summed E-state index contributed by atoms with van der Waals surface area (Å²) in [5.41, 5.74) is 1.05. The monoisotopic (exact) mass is 510 g/mol. The molecule has 10 heteroatoms. The summed E-state index contributed by atoms with van der Waals surface area (Å²) in [7, 11) is 0.295. The molecular weight excluding hydrogens is 483 g/mol. The molecule has 0 aromatic heterocycles. The molecule has 2 rings (SSSR count). The van der Waals surface area contributed by atoms with Gasteiger partial charge in [-0.05, 0) is 24.1 Å². The average Bonchev–Trinajstić information content (AvgIpc) is 2.96. The Kier molecular flexibility index (Phi) is 9.84. The van der Waals surface area contributed by atoms with E-state index in [2.05, 4.69) is 20.9 Å². The van der Waals surface area contributed by atoms with Crippen molar-refractivity contribution in [2.75, 3.05) is 32.2 Å². The molecule has 1 aromatic rings. The van der Waals surface area contributed by atoms with E-state index in [0.717, 1.165) is 11.3 Å². The number of methoxy groups -OCH3 is 1. The van der Waals surface area contributed by atoms with Crippen molar-refractivity contribution < 1.29 is 17.9 Å². The predicted octanol–water partition coefficient (Wildman–Crippen LogP) is 0.672. The van der Waals surface area contributed by atoms with Crippen molar-refractivity contribution in [3.8, 4) is 5.75 Å². The maximum atomic E-state index is 11.9. The number of nitrogens with one attached hydrogen (secondary N) is 3. The van der Waals surface area contributed by atoms with Crippen LogP contribution in [0.3, 0.4) is 0 Å². The maximum absolute atomic E-state index is 11.9. The Morgan fingerprint density at radius 2 is 2.11 bits per heavy atom. The zero-order valence-corrected chi connectivity index (χ0v) is 18.7. The highest BCUT2D eigenvalue weighted by Gasteiger charge is 2.28. The molecule has 1 fully saturated rings. The van der Waals surface area contributed by atoms with Gasteiger partial charge in [0.2, 0.25) is 5.91 Å². The van der Waals surface area contributed by atoms with E-state index in [0.29, 0.717) is 25.5 Å². The van der Waals surface area contributed by atoms with E-state index < -0.39 is 9.84 Å². The van der Waals surface area contributed by atoms with E-state index in [4.69, 9.17) is 4.74 Å². The molecule has 1 saturated heterocycles. The maximum Gasteiger partial charge on any atom is 0.222 e. The number of ether oxygens (including phenoxy) is 1. The van der Waals surface area contributed by atoms with Crippen LogP contribution in [0.4, 0.5) is 0 Å². The summed E-state index contributed by atoms with van der Waals surface area (Å²) in [6, 6.07) is 7.44. The predicted molar refractivity (Wildman–Crippen MR) is 116 cm³/mol. The number of carbonyl (C=O) groups excluding carboxylic acids is 1. The lowest BCUT2D eigenvalue weighted by Gasteiger charge is -2.14. The van der Waals surface area contributed by atoms with Crippen molar-refractivity contribution in [2.45, 2.75) is 25.4 Å². The number of carbonyl (C=O) groups is 1. The minimum absolute atomic E-state index is 0. The number of hydrogen-bond acceptors (Lipinski definition) is 5. The molecule has 1 aliphatic heterocycles. The van der Waals surface area contributed by atoms with Crippen LogP contribution in [0.5, 0.6) is 5.75 Å². The molecule has 1 unspecified atom stereocenters. The lowest BCUT2D eigenvalue weighted by Crippen LogP contribution is -2.40. The number of rotatable bonds is 7. The first-order valence-corrected chi connectivity index (χ1v) is 10.3. The number of halogens is 1. The largest absolute Gasteiger partial charge is 0.497 e. The van der Waals surface area contributed by atoms with Gasteiger partial charge in [0.15, 0.2) is 15.8 Å². The van der Waals surface area contributed by atoms with Gasteiger partial charge >= 0.3 is 0 Å². The molecule has 0 spiro atoms. The first-order valence-electron chi connectivity index (χ1n) is 8.49. The van der Waals surface area contributed by atoms with Crippen molar-refractivity contribution in [2.24, 2.45) is 4.99 Å². The Morgan fingerprint density at radius 3 is 2.74 bits per heavy atom. The standard InChI is InChI=1S/C17H26N4O4S.HI/c1-18-17(20-11-13-4-3-5-15(10-13)25-2)19-8-6-16(22)21-14-7-9-26(23,24)12-14;/h3-5,10,14H,6-9,11-12H2,1-2H3,(H,21,22)(H2,18,19,20);1H. The van der Waals surface area contributed by atoms with Gasteiger partial charge in [-0.15, -0.1) is 24.0 Å². The third kappa shape index (κ3) is 8.33. The van der Waals surface area contributed by atoms with Crippen LogP contribution in [-0.4, -0.2) is 58.5 Å². The van der Waals surface area contributed by atoms with E-state index in [-0.39, 0.29) is 53.9 Å². The van der Waals surface area contributed by atoms with Gasteiger partial charge in [0.25, 0.3) is 0 Å². The van der Waals surface area contributed by atoms with E-state index in [9.17, 15) is 13.2 Å². The summed E-state index contributed by atoms with van der Waals surface area (Å²) in [4.78, 5) is 16.0. The Balaban J connectivity index is 0.00000364. The lowest BCUT2D eigenvalue weighted by molar-refractivity contribution is -0.121. The molecule has 8 nitrogen and oxygen atoms in total. The summed E-state index contributed by atoms with van der Waals surface area (Å²) in [5, 5.41) is 9.00. The lowest BCUT2D eigenvalue weighted by atomic mass is 10.2. The van der Waals surface area contributed by atoms with Gasteiger partial charge in [0.05, 0.1) is 18.6 Å². The van der Waals surface area contributed by atoms with Crippen molar-refractivity contribution >= 4 is 45.7 Å². The molecule has 27 heavy (non-hydrogen) atoms. The SMILES string of the molecule is CN=C(NCCC(=O)NC1CCS(=O)(=O)C1)NCc1cccc(OC)c1.I. The van der Waals surface area contributed by atoms with Gasteiger partial charge in [0.1, 0.15) is 5.75 Å². The van der Waals surface area contributed by atoms with Gasteiger partial charge in [-0.3, -0.25) is 9.79 Å². The number of sulfone groups is 1. The fourth-order valence-corrected chi connectivity index (χ4v) is 4.37. The molecule has 0 aliphatic carbocycles. The molecule has 152 valence electrons. The van der Waals surface area contributed by atoms with Gasteiger partial charge in [-0.1, -0.05) is 12.1 Å². The smallest absolute Gasteiger partial charge is 0.222 e. The molecule has 1 heterocycles. The summed E-state index contributed by atoms with van der Waals surface area (Å²) >= 11 is 0. The molecule has 3 N–H and O–H groups in total. The molecule has 1 aliphatic rings. The third-order valence-electron chi connectivity index (χ3n) is 4.06. The Labute approximate surface area is 177 Å². The summed E-state index contributed by atoms with van der Waals surface area (Å²) in [5.74, 6) is 1.40. The van der Waals surface area contributed by atoms with Gasteiger partial charge in [-0.2, -0.15) is 0 Å². The zero-order valence-electron chi connectivity index (χ0n) is 15.5. The summed E-state index contributed by atoms with van der Waals surface area (Å²) in [6.45, 7) is 0.978. The van der Waals surface area contributed by atoms with Crippen LogP contribution in [0.15, 0.2) is 29.3 Å². The summed E-state index contributed by atoms with van der Waals surface area (Å²) < 4.78 is 28.0. The van der Waals surface area contributed by atoms with E-state index in [1.54, 1.807) is 14.2 Å². The van der Waals surface area contributed by atoms with Crippen LogP contribution in [0.2, 0.25) is 0 Å². The van der Waals surface area contributed by atoms with Gasteiger partial charge < -0.3 is 20.7 Å². The van der Waals surface area contributed by atoms with Crippen molar-refractivity contribution in [3.63, 3.8) is 0 Å². The fourth-order valence-electron chi connectivity index (χ4n) is 2.69. The number of guanidine groups is 1. The van der Waals surface area contributed by atoms with Crippen molar-refractivity contribution in [1.82, 2.24) is 16.0 Å². The molecule has 1 atom stereocenters. The number of aliphatic imine (C=N–C) groups is 1. The summed E-state index contributed by atoms with van der Waals surface area (Å²) in [6.07, 6.45) is 0.738. The fraction of sp³-hybridized carbons (Fsp3) is 0.529. The van der Waals surface area contributed by atoms with Crippen molar-refractivity contribution in [1.29, 1.82) is 0 Å². The van der Waals surface area contributed by atoms with Crippen molar-refractivity contribution in [3.05, 3.63) is 29.8 Å². The topological polar surface area (TPSA) is 109 Å². The van der Waals surface area contributed by atoms with Gasteiger partial charge in [0, 0.05) is 32.6 Å². The van der Waals surface area contributed by atoms with E-state index >= 15 is 0 Å². The third-order valence-corrected chi connectivity index (χ3v) is 5.83. The number of benzene rings is 1. The Hall–Kier alpha value is -1.56. The van der Waals surface area contributed by atoms with Crippen LogP contribution in [0.25, 0.3) is 0 Å². The van der Waals surface area contributed by atoms with Crippen LogP contribution < -0.4 is 20.7 Å². The molecule has 1 amide bonds. The normalized spacial score (nSPS) is 18.3. The second-order valence-electron chi connectivity index (χ2n) is 6.12. The highest BCUT2D eigenvalue weighted by molar-refractivity contribution is 14.0. The zero-order chi connectivity index (χ0) is 19.0. The number of nitrogens with zero attached hydrogens (tertiary/aromatic N) is 1. The number of amides is 1. The minimum Gasteiger partial charge on any atom is -0.497 e. The van der Waals surface area contributed by atoms with E-state index in [1.807, 2.05) is 24.3 Å². The minimum atomic E-state index is -2.99. The quantitative estimate of drug-likeness (QED) is 0.283. The second kappa shape index (κ2) is 11.3. The molecule has 0 bridgehead atoms. The Bertz CT molecular complexity index is 755. The molecule has 0 saturated carbocycles. The second-order valence-corrected chi connectivity index (χ2v) is 8.35. The van der Waals surface area contributed by atoms with Crippen LogP contribution in [0, 0.1) is 0 Å². The van der Waals surface area contributed by atoms with Crippen LogP contribution in [-0.2, 0) is 21.2 Å². The van der Waals surface area contributed by atoms with Crippen LogP contribution >= 0.6 is 24.0 Å².